The highest BCUT2D eigenvalue weighted by Crippen LogP contribution is 2.35. The molecular formula is C17H18Br2O. The van der Waals surface area contributed by atoms with Crippen LogP contribution in [0.2, 0.25) is 0 Å². The lowest BCUT2D eigenvalue weighted by Crippen LogP contribution is -2.08. The van der Waals surface area contributed by atoms with Gasteiger partial charge < -0.3 is 5.11 Å². The molecule has 3 heteroatoms. The molecule has 0 fully saturated rings. The van der Waals surface area contributed by atoms with Crippen LogP contribution in [0.15, 0.2) is 33.2 Å². The molecule has 0 saturated heterocycles. The zero-order chi connectivity index (χ0) is 15.0. The lowest BCUT2D eigenvalue weighted by atomic mass is 9.88. The Bertz CT molecular complexity index is 636. The molecule has 1 atom stereocenters. The first-order valence-corrected chi connectivity index (χ1v) is 8.11. The van der Waals surface area contributed by atoms with E-state index in [2.05, 4.69) is 65.6 Å². The van der Waals surface area contributed by atoms with Crippen molar-refractivity contribution in [3.05, 3.63) is 66.6 Å². The van der Waals surface area contributed by atoms with Gasteiger partial charge in [0.1, 0.15) is 6.10 Å². The van der Waals surface area contributed by atoms with Gasteiger partial charge in [0, 0.05) is 14.5 Å². The van der Waals surface area contributed by atoms with Gasteiger partial charge in [-0.1, -0.05) is 37.9 Å². The molecule has 0 spiro atoms. The van der Waals surface area contributed by atoms with Crippen molar-refractivity contribution in [2.45, 2.75) is 33.8 Å². The molecule has 106 valence electrons. The molecule has 0 aliphatic rings. The number of aliphatic hydroxyl groups excluding tert-OH is 1. The van der Waals surface area contributed by atoms with E-state index in [-0.39, 0.29) is 0 Å². The molecule has 0 amide bonds. The van der Waals surface area contributed by atoms with Crippen LogP contribution in [-0.2, 0) is 0 Å². The Hall–Kier alpha value is -0.640. The Balaban J connectivity index is 2.65. The molecule has 0 radical (unpaired) electrons. The topological polar surface area (TPSA) is 20.2 Å². The summed E-state index contributed by atoms with van der Waals surface area (Å²) in [5.41, 5.74) is 6.65. The molecule has 1 N–H and O–H groups in total. The maximum absolute atomic E-state index is 10.9. The summed E-state index contributed by atoms with van der Waals surface area (Å²) in [6.07, 6.45) is -0.625. The number of rotatable bonds is 2. The second kappa shape index (κ2) is 6.00. The predicted molar refractivity (Wildman–Crippen MR) is 91.3 cm³/mol. The number of hydrogen-bond acceptors (Lipinski definition) is 1. The Morgan fingerprint density at radius 3 is 2.00 bits per heavy atom. The normalized spacial score (nSPS) is 12.6. The Morgan fingerprint density at radius 1 is 0.900 bits per heavy atom. The van der Waals surface area contributed by atoms with Crippen LogP contribution in [0, 0.1) is 27.7 Å². The van der Waals surface area contributed by atoms with E-state index in [0.29, 0.717) is 0 Å². The van der Waals surface area contributed by atoms with Crippen LogP contribution >= 0.6 is 31.9 Å². The molecule has 0 bridgehead atoms. The highest BCUT2D eigenvalue weighted by Gasteiger charge is 2.20. The molecule has 2 aromatic carbocycles. The smallest absolute Gasteiger partial charge is 0.106 e. The Kier molecular flexibility index (Phi) is 4.73. The number of hydrogen-bond donors (Lipinski definition) is 1. The van der Waals surface area contributed by atoms with Crippen LogP contribution < -0.4 is 0 Å². The molecule has 0 aliphatic carbocycles. The number of aryl methyl sites for hydroxylation is 2. The number of halogens is 2. The first-order valence-electron chi connectivity index (χ1n) is 6.53. The molecule has 20 heavy (non-hydrogen) atoms. The molecule has 2 aromatic rings. The standard InChI is InChI=1S/C17H18Br2O/c1-9-7-10(2)12(4)16(11(9)3)17(20)14-8-13(18)5-6-15(14)19/h5-8,17,20H,1-4H3. The number of benzene rings is 2. The maximum atomic E-state index is 10.9. The molecular weight excluding hydrogens is 380 g/mol. The van der Waals surface area contributed by atoms with Gasteiger partial charge in [-0.25, -0.2) is 0 Å². The van der Waals surface area contributed by atoms with Gasteiger partial charge in [0.2, 0.25) is 0 Å². The molecule has 1 unspecified atom stereocenters. The first kappa shape index (κ1) is 15.7. The minimum atomic E-state index is -0.625. The summed E-state index contributed by atoms with van der Waals surface area (Å²) in [6, 6.07) is 8.06. The molecule has 0 saturated carbocycles. The van der Waals surface area contributed by atoms with Crippen molar-refractivity contribution in [3.63, 3.8) is 0 Å². The summed E-state index contributed by atoms with van der Waals surface area (Å²) in [4.78, 5) is 0. The third kappa shape index (κ3) is 2.85. The molecule has 2 rings (SSSR count). The Labute approximate surface area is 137 Å². The van der Waals surface area contributed by atoms with E-state index in [0.717, 1.165) is 31.2 Å². The SMILES string of the molecule is Cc1cc(C)c(C)c(C(O)c2cc(Br)ccc2Br)c1C. The third-order valence-corrected chi connectivity index (χ3v) is 5.17. The van der Waals surface area contributed by atoms with Gasteiger partial charge in [-0.3, -0.25) is 0 Å². The summed E-state index contributed by atoms with van der Waals surface area (Å²) in [6.45, 7) is 8.33. The van der Waals surface area contributed by atoms with Crippen molar-refractivity contribution in [1.82, 2.24) is 0 Å². The van der Waals surface area contributed by atoms with Crippen molar-refractivity contribution in [1.29, 1.82) is 0 Å². The van der Waals surface area contributed by atoms with Crippen LogP contribution in [-0.4, -0.2) is 5.11 Å². The number of aliphatic hydroxyl groups is 1. The van der Waals surface area contributed by atoms with E-state index in [1.807, 2.05) is 18.2 Å². The monoisotopic (exact) mass is 396 g/mol. The highest BCUT2D eigenvalue weighted by molar-refractivity contribution is 9.11. The summed E-state index contributed by atoms with van der Waals surface area (Å²) in [5, 5.41) is 10.9. The van der Waals surface area contributed by atoms with Gasteiger partial charge in [0.25, 0.3) is 0 Å². The van der Waals surface area contributed by atoms with E-state index >= 15 is 0 Å². The molecule has 0 aromatic heterocycles. The second-order valence-electron chi connectivity index (χ2n) is 5.24. The lowest BCUT2D eigenvalue weighted by molar-refractivity contribution is 0.217. The van der Waals surface area contributed by atoms with Gasteiger partial charge >= 0.3 is 0 Å². The van der Waals surface area contributed by atoms with E-state index in [9.17, 15) is 5.11 Å². The minimum absolute atomic E-state index is 0.625. The van der Waals surface area contributed by atoms with Gasteiger partial charge in [-0.2, -0.15) is 0 Å². The van der Waals surface area contributed by atoms with Crippen LogP contribution in [0.1, 0.15) is 39.5 Å². The summed E-state index contributed by atoms with van der Waals surface area (Å²) in [5.74, 6) is 0. The quantitative estimate of drug-likeness (QED) is 0.706. The fourth-order valence-corrected chi connectivity index (χ4v) is 3.38. The minimum Gasteiger partial charge on any atom is -0.384 e. The zero-order valence-corrected chi connectivity index (χ0v) is 15.3. The molecule has 1 nitrogen and oxygen atoms in total. The molecule has 0 heterocycles. The van der Waals surface area contributed by atoms with Crippen molar-refractivity contribution < 1.29 is 5.11 Å². The van der Waals surface area contributed by atoms with E-state index in [1.165, 1.54) is 11.1 Å². The van der Waals surface area contributed by atoms with Crippen LogP contribution in [0.3, 0.4) is 0 Å². The van der Waals surface area contributed by atoms with Crippen molar-refractivity contribution in [2.24, 2.45) is 0 Å². The summed E-state index contributed by atoms with van der Waals surface area (Å²) >= 11 is 7.00. The van der Waals surface area contributed by atoms with Crippen LogP contribution in [0.5, 0.6) is 0 Å². The van der Waals surface area contributed by atoms with Crippen LogP contribution in [0.25, 0.3) is 0 Å². The average molecular weight is 398 g/mol. The lowest BCUT2D eigenvalue weighted by Gasteiger charge is -2.21. The second-order valence-corrected chi connectivity index (χ2v) is 7.01. The largest absolute Gasteiger partial charge is 0.384 e. The Morgan fingerprint density at radius 2 is 1.45 bits per heavy atom. The van der Waals surface area contributed by atoms with Crippen molar-refractivity contribution >= 4 is 31.9 Å². The van der Waals surface area contributed by atoms with Gasteiger partial charge in [-0.15, -0.1) is 0 Å². The van der Waals surface area contributed by atoms with Crippen molar-refractivity contribution in [3.8, 4) is 0 Å². The van der Waals surface area contributed by atoms with E-state index in [4.69, 9.17) is 0 Å². The average Bonchev–Trinajstić information content (AvgIpc) is 2.39. The van der Waals surface area contributed by atoms with Crippen LogP contribution in [0.4, 0.5) is 0 Å². The summed E-state index contributed by atoms with van der Waals surface area (Å²) < 4.78 is 1.89. The van der Waals surface area contributed by atoms with Gasteiger partial charge in [0.05, 0.1) is 0 Å². The van der Waals surface area contributed by atoms with Gasteiger partial charge in [-0.05, 0) is 73.7 Å². The molecule has 0 aliphatic heterocycles. The fraction of sp³-hybridized carbons (Fsp3) is 0.294. The van der Waals surface area contributed by atoms with E-state index < -0.39 is 6.10 Å². The van der Waals surface area contributed by atoms with Gasteiger partial charge in [0.15, 0.2) is 0 Å². The highest BCUT2D eigenvalue weighted by atomic mass is 79.9. The first-order chi connectivity index (χ1) is 9.32. The fourth-order valence-electron chi connectivity index (χ4n) is 2.54. The van der Waals surface area contributed by atoms with Crippen molar-refractivity contribution in [2.75, 3.05) is 0 Å². The zero-order valence-electron chi connectivity index (χ0n) is 12.1. The maximum Gasteiger partial charge on any atom is 0.106 e. The predicted octanol–water partition coefficient (Wildman–Crippen LogP) is 5.53. The summed E-state index contributed by atoms with van der Waals surface area (Å²) in [7, 11) is 0. The van der Waals surface area contributed by atoms with E-state index in [1.54, 1.807) is 0 Å². The third-order valence-electron chi connectivity index (χ3n) is 3.95.